The van der Waals surface area contributed by atoms with E-state index in [-0.39, 0.29) is 43.2 Å². The van der Waals surface area contributed by atoms with Crippen LogP contribution in [0.15, 0.2) is 18.2 Å². The third-order valence-electron chi connectivity index (χ3n) is 3.94. The fraction of sp³-hybridized carbons (Fsp3) is 0.571. The Morgan fingerprint density at radius 2 is 1.83 bits per heavy atom. The maximum Gasteiger partial charge on any atom is 0.391 e. The summed E-state index contributed by atoms with van der Waals surface area (Å²) in [5.74, 6) is -1.71. The lowest BCUT2D eigenvalue weighted by molar-refractivity contribution is -0.384. The normalized spacial score (nSPS) is 21.6. The maximum absolute atomic E-state index is 12.6. The van der Waals surface area contributed by atoms with Gasteiger partial charge in [-0.25, -0.2) is 0 Å². The lowest BCUT2D eigenvalue weighted by atomic mass is 9.85. The second kappa shape index (κ2) is 7.18. The van der Waals surface area contributed by atoms with Crippen LogP contribution in [0.25, 0.3) is 0 Å². The Morgan fingerprint density at radius 3 is 2.33 bits per heavy atom. The summed E-state index contributed by atoms with van der Waals surface area (Å²) in [5.41, 5.74) is -0.400. The molecule has 1 aliphatic carbocycles. The predicted octanol–water partition coefficient (Wildman–Crippen LogP) is 4.73. The van der Waals surface area contributed by atoms with Gasteiger partial charge >= 0.3 is 12.8 Å². The highest BCUT2D eigenvalue weighted by molar-refractivity contribution is 5.64. The number of rotatable bonds is 5. The molecule has 10 heteroatoms. The standard InChI is InChI=1S/C14H15F5N2O3/c15-13(16)24-10-5-6-11(12(7-10)21(22)23)20-9-3-1-8(2-4-9)14(17,18)19/h5-9,13,20H,1-4H2. The van der Waals surface area contributed by atoms with E-state index in [1.54, 1.807) is 0 Å². The zero-order chi connectivity index (χ0) is 17.9. The lowest BCUT2D eigenvalue weighted by Crippen LogP contribution is -2.32. The zero-order valence-corrected chi connectivity index (χ0v) is 12.4. The van der Waals surface area contributed by atoms with E-state index in [4.69, 9.17) is 0 Å². The molecule has 0 amide bonds. The van der Waals surface area contributed by atoms with Crippen LogP contribution < -0.4 is 10.1 Å². The van der Waals surface area contributed by atoms with Crippen LogP contribution in [0.1, 0.15) is 25.7 Å². The van der Waals surface area contributed by atoms with Gasteiger partial charge in [0.05, 0.1) is 16.9 Å². The molecule has 1 saturated carbocycles. The Hall–Kier alpha value is -2.13. The Balaban J connectivity index is 2.06. The Morgan fingerprint density at radius 1 is 1.21 bits per heavy atom. The van der Waals surface area contributed by atoms with E-state index < -0.39 is 29.3 Å². The fourth-order valence-electron chi connectivity index (χ4n) is 2.75. The molecule has 0 saturated heterocycles. The predicted molar refractivity (Wildman–Crippen MR) is 75.2 cm³/mol. The van der Waals surface area contributed by atoms with Crippen molar-refractivity contribution in [2.24, 2.45) is 5.92 Å². The summed E-state index contributed by atoms with van der Waals surface area (Å²) in [7, 11) is 0. The third-order valence-corrected chi connectivity index (χ3v) is 3.94. The van der Waals surface area contributed by atoms with E-state index in [9.17, 15) is 32.1 Å². The van der Waals surface area contributed by atoms with Gasteiger partial charge in [-0.2, -0.15) is 22.0 Å². The first-order valence-corrected chi connectivity index (χ1v) is 7.23. The molecule has 0 unspecified atom stereocenters. The van der Waals surface area contributed by atoms with E-state index in [0.717, 1.165) is 12.1 Å². The number of alkyl halides is 5. The Labute approximate surface area is 133 Å². The zero-order valence-electron chi connectivity index (χ0n) is 12.4. The highest BCUT2D eigenvalue weighted by Crippen LogP contribution is 2.39. The molecule has 5 nitrogen and oxygen atoms in total. The van der Waals surface area contributed by atoms with Crippen LogP contribution in [-0.4, -0.2) is 23.8 Å². The summed E-state index contributed by atoms with van der Waals surface area (Å²) in [6.45, 7) is -3.11. The van der Waals surface area contributed by atoms with E-state index >= 15 is 0 Å². The van der Waals surface area contributed by atoms with Gasteiger partial charge < -0.3 is 10.1 Å². The van der Waals surface area contributed by atoms with Gasteiger partial charge in [0.15, 0.2) is 0 Å². The van der Waals surface area contributed by atoms with Crippen molar-refractivity contribution in [3.8, 4) is 5.75 Å². The van der Waals surface area contributed by atoms with Crippen LogP contribution in [0.5, 0.6) is 5.75 Å². The first kappa shape index (κ1) is 18.2. The second-order valence-electron chi connectivity index (χ2n) is 5.55. The van der Waals surface area contributed by atoms with Crippen LogP contribution in [-0.2, 0) is 0 Å². The average Bonchev–Trinajstić information content (AvgIpc) is 2.47. The van der Waals surface area contributed by atoms with Crippen LogP contribution >= 0.6 is 0 Å². The lowest BCUT2D eigenvalue weighted by Gasteiger charge is -2.30. The minimum Gasteiger partial charge on any atom is -0.435 e. The highest BCUT2D eigenvalue weighted by atomic mass is 19.4. The quantitative estimate of drug-likeness (QED) is 0.472. The molecule has 0 aliphatic heterocycles. The molecule has 2 rings (SSSR count). The third kappa shape index (κ3) is 4.68. The minimum atomic E-state index is -4.23. The van der Waals surface area contributed by atoms with Crippen LogP contribution in [0.4, 0.5) is 33.3 Å². The van der Waals surface area contributed by atoms with Crippen molar-refractivity contribution < 1.29 is 31.6 Å². The molecular weight excluding hydrogens is 339 g/mol. The van der Waals surface area contributed by atoms with Gasteiger partial charge in [0.2, 0.25) is 0 Å². The number of nitrogens with zero attached hydrogens (tertiary/aromatic N) is 1. The van der Waals surface area contributed by atoms with Gasteiger partial charge in [0.25, 0.3) is 5.69 Å². The molecular formula is C14H15F5N2O3. The SMILES string of the molecule is O=[N+]([O-])c1cc(OC(F)F)ccc1NC1CCC(C(F)(F)F)CC1. The van der Waals surface area contributed by atoms with Crippen molar-refractivity contribution in [1.82, 2.24) is 0 Å². The number of hydrogen-bond acceptors (Lipinski definition) is 4. The molecule has 1 aliphatic rings. The summed E-state index contributed by atoms with van der Waals surface area (Å²) in [6.07, 6.45) is -3.90. The van der Waals surface area contributed by atoms with Crippen LogP contribution in [0.2, 0.25) is 0 Å². The van der Waals surface area contributed by atoms with Gasteiger partial charge in [-0.3, -0.25) is 10.1 Å². The summed E-state index contributed by atoms with van der Waals surface area (Å²) < 4.78 is 66.3. The molecule has 1 fully saturated rings. The molecule has 24 heavy (non-hydrogen) atoms. The van der Waals surface area contributed by atoms with Gasteiger partial charge in [-0.1, -0.05) is 0 Å². The summed E-state index contributed by atoms with van der Waals surface area (Å²) >= 11 is 0. The molecule has 0 radical (unpaired) electrons. The first-order valence-electron chi connectivity index (χ1n) is 7.23. The number of anilines is 1. The molecule has 0 bridgehead atoms. The number of ether oxygens (including phenoxy) is 1. The van der Waals surface area contributed by atoms with Crippen LogP contribution in [0.3, 0.4) is 0 Å². The highest BCUT2D eigenvalue weighted by Gasteiger charge is 2.41. The summed E-state index contributed by atoms with van der Waals surface area (Å²) in [4.78, 5) is 10.3. The molecule has 1 aromatic carbocycles. The van der Waals surface area contributed by atoms with Crippen LogP contribution in [0, 0.1) is 16.0 Å². The van der Waals surface area contributed by atoms with Crippen molar-refractivity contribution in [3.05, 3.63) is 28.3 Å². The molecule has 0 atom stereocenters. The largest absolute Gasteiger partial charge is 0.435 e. The van der Waals surface area contributed by atoms with Crippen molar-refractivity contribution in [3.63, 3.8) is 0 Å². The van der Waals surface area contributed by atoms with Crippen molar-refractivity contribution in [1.29, 1.82) is 0 Å². The maximum atomic E-state index is 12.6. The van der Waals surface area contributed by atoms with Gasteiger partial charge in [0.1, 0.15) is 11.4 Å². The Kier molecular flexibility index (Phi) is 5.45. The van der Waals surface area contributed by atoms with Crippen molar-refractivity contribution in [2.45, 2.75) is 44.5 Å². The summed E-state index contributed by atoms with van der Waals surface area (Å²) in [6, 6.07) is 2.87. The smallest absolute Gasteiger partial charge is 0.391 e. The molecule has 0 heterocycles. The molecule has 134 valence electrons. The van der Waals surface area contributed by atoms with Gasteiger partial charge in [-0.15, -0.1) is 0 Å². The number of nitrogens with one attached hydrogen (secondary N) is 1. The summed E-state index contributed by atoms with van der Waals surface area (Å²) in [5, 5.41) is 13.9. The number of nitro groups is 1. The number of halogens is 5. The topological polar surface area (TPSA) is 64.4 Å². The molecule has 1 N–H and O–H groups in total. The molecule has 0 aromatic heterocycles. The Bertz CT molecular complexity index is 586. The monoisotopic (exact) mass is 354 g/mol. The first-order chi connectivity index (χ1) is 11.2. The minimum absolute atomic E-state index is 0.0540. The number of benzene rings is 1. The van der Waals surface area contributed by atoms with E-state index in [1.165, 1.54) is 6.07 Å². The average molecular weight is 354 g/mol. The van der Waals surface area contributed by atoms with Gasteiger partial charge in [-0.05, 0) is 37.8 Å². The molecule has 1 aromatic rings. The van der Waals surface area contributed by atoms with E-state index in [1.807, 2.05) is 0 Å². The van der Waals surface area contributed by atoms with Crippen molar-refractivity contribution in [2.75, 3.05) is 5.32 Å². The van der Waals surface area contributed by atoms with E-state index in [2.05, 4.69) is 10.1 Å². The fourth-order valence-corrected chi connectivity index (χ4v) is 2.75. The van der Waals surface area contributed by atoms with Crippen molar-refractivity contribution >= 4 is 11.4 Å². The number of hydrogen-bond donors (Lipinski definition) is 1. The number of nitro benzene ring substituents is 1. The van der Waals surface area contributed by atoms with E-state index in [0.29, 0.717) is 0 Å². The molecule has 0 spiro atoms. The van der Waals surface area contributed by atoms with Gasteiger partial charge in [0, 0.05) is 6.04 Å². The second-order valence-corrected chi connectivity index (χ2v) is 5.55.